The highest BCUT2D eigenvalue weighted by molar-refractivity contribution is 7.16. The molecule has 202 valence electrons. The maximum Gasteiger partial charge on any atom is 0.317 e. The number of thiazole rings is 1. The molecule has 10 nitrogen and oxygen atoms in total. The Kier molecular flexibility index (Phi) is 6.71. The van der Waals surface area contributed by atoms with Gasteiger partial charge >= 0.3 is 6.03 Å². The van der Waals surface area contributed by atoms with Gasteiger partial charge in [0.1, 0.15) is 0 Å². The molecule has 0 spiro atoms. The van der Waals surface area contributed by atoms with Crippen LogP contribution in [0.2, 0.25) is 0 Å². The fourth-order valence-electron chi connectivity index (χ4n) is 6.50. The molecule has 3 aliphatic carbocycles. The molecular formula is C27H37N9OS. The minimum absolute atomic E-state index is 0.0143. The molecule has 7 rings (SSSR count). The first-order valence-corrected chi connectivity index (χ1v) is 14.7. The van der Waals surface area contributed by atoms with Crippen molar-refractivity contribution in [3.8, 4) is 0 Å². The van der Waals surface area contributed by atoms with Gasteiger partial charge in [0.2, 0.25) is 17.8 Å². The van der Waals surface area contributed by atoms with Crippen molar-refractivity contribution in [1.82, 2.24) is 30.2 Å². The highest BCUT2D eigenvalue weighted by Gasteiger charge is 2.53. The van der Waals surface area contributed by atoms with Crippen molar-refractivity contribution in [3.63, 3.8) is 0 Å². The second kappa shape index (κ2) is 10.2. The summed E-state index contributed by atoms with van der Waals surface area (Å²) in [6.45, 7) is 10.9. The highest BCUT2D eigenvalue weighted by atomic mass is 32.1. The van der Waals surface area contributed by atoms with E-state index in [1.807, 2.05) is 29.5 Å². The van der Waals surface area contributed by atoms with Gasteiger partial charge in [-0.3, -0.25) is 0 Å². The third-order valence-electron chi connectivity index (χ3n) is 8.91. The van der Waals surface area contributed by atoms with E-state index >= 15 is 0 Å². The van der Waals surface area contributed by atoms with Crippen LogP contribution in [0.3, 0.4) is 0 Å². The summed E-state index contributed by atoms with van der Waals surface area (Å²) in [5, 5.41) is 9.85. The fraction of sp³-hybridized carbons (Fsp3) is 0.593. The van der Waals surface area contributed by atoms with Crippen LogP contribution in [-0.4, -0.2) is 70.1 Å². The van der Waals surface area contributed by atoms with Gasteiger partial charge in [-0.2, -0.15) is 15.0 Å². The summed E-state index contributed by atoms with van der Waals surface area (Å²) in [5.41, 5.74) is 4.20. The van der Waals surface area contributed by atoms with E-state index in [9.17, 15) is 4.79 Å². The van der Waals surface area contributed by atoms with Crippen LogP contribution in [0.5, 0.6) is 0 Å². The number of nitrogens with zero attached hydrogens (tertiary/aromatic N) is 6. The SMILES string of the molecule is CCNC(=O)N1CCN(c2nc(NCC3CCC4C[C@@H]3C4(C)C)nc(Nc3ccc4ncsc4c3)n2)CC1. The van der Waals surface area contributed by atoms with Crippen molar-refractivity contribution in [2.45, 2.75) is 40.0 Å². The Bertz CT molecular complexity index is 1300. The van der Waals surface area contributed by atoms with Crippen LogP contribution in [0, 0.1) is 23.2 Å². The topological polar surface area (TPSA) is 111 Å². The number of carbonyl (C=O) groups is 1. The van der Waals surface area contributed by atoms with Gasteiger partial charge in [0.15, 0.2) is 0 Å². The summed E-state index contributed by atoms with van der Waals surface area (Å²) in [6, 6.07) is 6.07. The monoisotopic (exact) mass is 535 g/mol. The lowest BCUT2D eigenvalue weighted by atomic mass is 9.45. The van der Waals surface area contributed by atoms with E-state index in [4.69, 9.17) is 15.0 Å². The molecule has 3 aromatic rings. The van der Waals surface area contributed by atoms with Crippen molar-refractivity contribution in [2.24, 2.45) is 23.2 Å². The molecule has 38 heavy (non-hydrogen) atoms. The molecule has 3 heterocycles. The smallest absolute Gasteiger partial charge is 0.317 e. The zero-order valence-corrected chi connectivity index (χ0v) is 23.2. The molecule has 4 aliphatic rings. The maximum absolute atomic E-state index is 12.3. The van der Waals surface area contributed by atoms with E-state index in [0.717, 1.165) is 34.3 Å². The first-order valence-electron chi connectivity index (χ1n) is 13.8. The predicted octanol–water partition coefficient (Wildman–Crippen LogP) is 4.56. The van der Waals surface area contributed by atoms with Gasteiger partial charge < -0.3 is 25.8 Å². The van der Waals surface area contributed by atoms with Gasteiger partial charge in [0, 0.05) is 45.0 Å². The third kappa shape index (κ3) is 4.83. The molecule has 2 unspecified atom stereocenters. The molecule has 3 N–H and O–H groups in total. The Labute approximate surface area is 227 Å². The number of hydrogen-bond acceptors (Lipinski definition) is 9. The number of anilines is 4. The molecule has 0 radical (unpaired) electrons. The lowest BCUT2D eigenvalue weighted by Crippen LogP contribution is -2.53. The van der Waals surface area contributed by atoms with E-state index in [0.29, 0.717) is 61.9 Å². The molecule has 1 aliphatic heterocycles. The van der Waals surface area contributed by atoms with Crippen LogP contribution < -0.4 is 20.9 Å². The van der Waals surface area contributed by atoms with E-state index < -0.39 is 0 Å². The van der Waals surface area contributed by atoms with Crippen molar-refractivity contribution in [2.75, 3.05) is 54.8 Å². The normalized spacial score (nSPS) is 24.1. The summed E-state index contributed by atoms with van der Waals surface area (Å²) in [4.78, 5) is 35.0. The van der Waals surface area contributed by atoms with Gasteiger partial charge in [-0.05, 0) is 67.6 Å². The minimum Gasteiger partial charge on any atom is -0.354 e. The van der Waals surface area contributed by atoms with Crippen LogP contribution in [-0.2, 0) is 0 Å². The van der Waals surface area contributed by atoms with Crippen molar-refractivity contribution >= 4 is 51.1 Å². The van der Waals surface area contributed by atoms with Crippen LogP contribution >= 0.6 is 11.3 Å². The third-order valence-corrected chi connectivity index (χ3v) is 9.70. The van der Waals surface area contributed by atoms with Crippen molar-refractivity contribution in [1.29, 1.82) is 0 Å². The minimum atomic E-state index is -0.0143. The standard InChI is InChI=1S/C27H37N9OS/c1-4-28-26(37)36-11-9-35(10-12-36)25-33-23(29-15-17-5-6-18-13-20(17)27(18,2)3)32-24(34-25)31-19-7-8-21-22(14-19)38-16-30-21/h7-8,14,16-18,20H,4-6,9-13,15H2,1-3H3,(H,28,37)(H2,29,31,32,33,34)/t17?,18?,20-/m0/s1. The molecule has 11 heteroatoms. The summed E-state index contributed by atoms with van der Waals surface area (Å²) in [6.07, 6.45) is 3.94. The second-order valence-corrected chi connectivity index (χ2v) is 12.2. The molecule has 2 amide bonds. The lowest BCUT2D eigenvalue weighted by molar-refractivity contribution is -0.100. The molecule has 3 saturated carbocycles. The molecular weight excluding hydrogens is 498 g/mol. The Hall–Kier alpha value is -3.21. The average molecular weight is 536 g/mol. The van der Waals surface area contributed by atoms with Crippen LogP contribution in [0.1, 0.15) is 40.0 Å². The maximum atomic E-state index is 12.3. The highest BCUT2D eigenvalue weighted by Crippen LogP contribution is 2.61. The Balaban J connectivity index is 1.20. The van der Waals surface area contributed by atoms with Crippen molar-refractivity contribution in [3.05, 3.63) is 23.7 Å². The number of rotatable bonds is 7. The summed E-state index contributed by atoms with van der Waals surface area (Å²) >= 11 is 1.61. The zero-order chi connectivity index (χ0) is 26.3. The molecule has 2 bridgehead atoms. The zero-order valence-electron chi connectivity index (χ0n) is 22.4. The first-order chi connectivity index (χ1) is 18.4. The van der Waals surface area contributed by atoms with Crippen LogP contribution in [0.4, 0.5) is 28.3 Å². The van der Waals surface area contributed by atoms with Gasteiger partial charge in [-0.1, -0.05) is 13.8 Å². The van der Waals surface area contributed by atoms with E-state index in [1.54, 1.807) is 11.3 Å². The largest absolute Gasteiger partial charge is 0.354 e. The number of piperazine rings is 1. The Morgan fingerprint density at radius 3 is 2.68 bits per heavy atom. The van der Waals surface area contributed by atoms with Gasteiger partial charge in [0.05, 0.1) is 15.7 Å². The fourth-order valence-corrected chi connectivity index (χ4v) is 7.22. The number of carbonyl (C=O) groups excluding carboxylic acids is 1. The van der Waals surface area contributed by atoms with E-state index in [2.05, 4.69) is 45.7 Å². The molecule has 4 fully saturated rings. The van der Waals surface area contributed by atoms with Gasteiger partial charge in [0.25, 0.3) is 0 Å². The van der Waals surface area contributed by atoms with Crippen LogP contribution in [0.15, 0.2) is 23.7 Å². The van der Waals surface area contributed by atoms with E-state index in [1.165, 1.54) is 19.3 Å². The van der Waals surface area contributed by atoms with E-state index in [-0.39, 0.29) is 6.03 Å². The molecule has 1 aromatic carbocycles. The number of hydrogen-bond donors (Lipinski definition) is 3. The van der Waals surface area contributed by atoms with Gasteiger partial charge in [-0.15, -0.1) is 11.3 Å². The molecule has 1 saturated heterocycles. The second-order valence-electron chi connectivity index (χ2n) is 11.3. The van der Waals surface area contributed by atoms with Gasteiger partial charge in [-0.25, -0.2) is 9.78 Å². The average Bonchev–Trinajstić information content (AvgIpc) is 3.40. The number of nitrogens with one attached hydrogen (secondary N) is 3. The first kappa shape index (κ1) is 25.1. The number of aromatic nitrogens is 4. The number of urea groups is 1. The van der Waals surface area contributed by atoms with Crippen molar-refractivity contribution < 1.29 is 4.79 Å². The number of amides is 2. The predicted molar refractivity (Wildman–Crippen MR) is 152 cm³/mol. The summed E-state index contributed by atoms with van der Waals surface area (Å²) in [7, 11) is 0. The van der Waals surface area contributed by atoms with Crippen LogP contribution in [0.25, 0.3) is 10.2 Å². The molecule has 2 aromatic heterocycles. The number of fused-ring (bicyclic) bond motifs is 3. The number of benzene rings is 1. The molecule has 3 atom stereocenters. The lowest BCUT2D eigenvalue weighted by Gasteiger charge is -2.60. The summed E-state index contributed by atoms with van der Waals surface area (Å²) in [5.74, 6) is 4.04. The summed E-state index contributed by atoms with van der Waals surface area (Å²) < 4.78 is 1.11. The Morgan fingerprint density at radius 2 is 1.92 bits per heavy atom. The Morgan fingerprint density at radius 1 is 1.11 bits per heavy atom. The quantitative estimate of drug-likeness (QED) is 0.404.